The van der Waals surface area contributed by atoms with Crippen molar-refractivity contribution >= 4 is 21.9 Å². The van der Waals surface area contributed by atoms with Crippen LogP contribution < -0.4 is 4.74 Å². The minimum Gasteiger partial charge on any atom is -0.482 e. The summed E-state index contributed by atoms with van der Waals surface area (Å²) >= 11 is 3.39. The van der Waals surface area contributed by atoms with Gasteiger partial charge in [-0.25, -0.2) is 4.79 Å². The van der Waals surface area contributed by atoms with E-state index in [1.807, 2.05) is 26.0 Å². The second-order valence-electron chi connectivity index (χ2n) is 3.05. The zero-order valence-corrected chi connectivity index (χ0v) is 9.59. The highest BCUT2D eigenvalue weighted by atomic mass is 79.9. The number of carboxylic acid groups (broad SMARTS) is 1. The third kappa shape index (κ3) is 2.73. The summed E-state index contributed by atoms with van der Waals surface area (Å²) in [5.74, 6) is -0.349. The van der Waals surface area contributed by atoms with E-state index in [1.54, 1.807) is 0 Å². The molecule has 1 N–H and O–H groups in total. The first kappa shape index (κ1) is 11.0. The second kappa shape index (κ2) is 4.46. The van der Waals surface area contributed by atoms with Crippen LogP contribution in [0.5, 0.6) is 5.75 Å². The molecule has 4 heteroatoms. The fraction of sp³-hybridized carbons (Fsp3) is 0.300. The number of carboxylic acids is 1. The van der Waals surface area contributed by atoms with Crippen molar-refractivity contribution in [2.24, 2.45) is 0 Å². The topological polar surface area (TPSA) is 46.5 Å². The monoisotopic (exact) mass is 258 g/mol. The van der Waals surface area contributed by atoms with E-state index in [9.17, 15) is 4.79 Å². The van der Waals surface area contributed by atoms with Crippen molar-refractivity contribution in [1.29, 1.82) is 0 Å². The Morgan fingerprint density at radius 1 is 1.43 bits per heavy atom. The van der Waals surface area contributed by atoms with Crippen LogP contribution in [0.25, 0.3) is 0 Å². The van der Waals surface area contributed by atoms with Crippen molar-refractivity contribution in [2.75, 3.05) is 6.61 Å². The summed E-state index contributed by atoms with van der Waals surface area (Å²) in [5.41, 5.74) is 1.94. The third-order valence-electron chi connectivity index (χ3n) is 1.81. The number of hydrogen-bond acceptors (Lipinski definition) is 2. The normalized spacial score (nSPS) is 9.93. The largest absolute Gasteiger partial charge is 0.482 e. The van der Waals surface area contributed by atoms with Crippen LogP contribution in [0.15, 0.2) is 16.6 Å². The van der Waals surface area contributed by atoms with Gasteiger partial charge in [-0.15, -0.1) is 0 Å². The van der Waals surface area contributed by atoms with Gasteiger partial charge in [0.1, 0.15) is 5.75 Å². The van der Waals surface area contributed by atoms with E-state index in [0.717, 1.165) is 15.6 Å². The van der Waals surface area contributed by atoms with Crippen molar-refractivity contribution in [2.45, 2.75) is 13.8 Å². The van der Waals surface area contributed by atoms with Gasteiger partial charge in [0, 0.05) is 4.47 Å². The molecular formula is C10H11BrO3. The SMILES string of the molecule is Cc1cc(OCC(=O)O)c(C)cc1Br. The lowest BCUT2D eigenvalue weighted by Crippen LogP contribution is -2.10. The van der Waals surface area contributed by atoms with Crippen LogP contribution >= 0.6 is 15.9 Å². The zero-order chi connectivity index (χ0) is 10.7. The lowest BCUT2D eigenvalue weighted by Gasteiger charge is -2.09. The Hall–Kier alpha value is -1.03. The summed E-state index contributed by atoms with van der Waals surface area (Å²) in [6, 6.07) is 3.73. The minimum atomic E-state index is -0.968. The molecule has 0 saturated carbocycles. The number of carbonyl (C=O) groups is 1. The maximum absolute atomic E-state index is 10.3. The van der Waals surface area contributed by atoms with E-state index in [0.29, 0.717) is 5.75 Å². The highest BCUT2D eigenvalue weighted by molar-refractivity contribution is 9.10. The van der Waals surface area contributed by atoms with E-state index in [4.69, 9.17) is 9.84 Å². The van der Waals surface area contributed by atoms with E-state index >= 15 is 0 Å². The molecular weight excluding hydrogens is 248 g/mol. The Balaban J connectivity index is 2.87. The lowest BCUT2D eigenvalue weighted by atomic mass is 10.1. The number of rotatable bonds is 3. The summed E-state index contributed by atoms with van der Waals surface area (Å²) in [6.45, 7) is 3.50. The van der Waals surface area contributed by atoms with Gasteiger partial charge in [0.2, 0.25) is 0 Å². The van der Waals surface area contributed by atoms with Crippen molar-refractivity contribution in [1.82, 2.24) is 0 Å². The fourth-order valence-corrected chi connectivity index (χ4v) is 1.51. The van der Waals surface area contributed by atoms with Crippen molar-refractivity contribution in [3.05, 3.63) is 27.7 Å². The molecule has 0 bridgehead atoms. The third-order valence-corrected chi connectivity index (χ3v) is 2.66. The summed E-state index contributed by atoms with van der Waals surface area (Å²) in [6.07, 6.45) is 0. The lowest BCUT2D eigenvalue weighted by molar-refractivity contribution is -0.139. The quantitative estimate of drug-likeness (QED) is 0.907. The number of aliphatic carboxylic acids is 1. The van der Waals surface area contributed by atoms with Crippen LogP contribution in [0, 0.1) is 13.8 Å². The standard InChI is InChI=1S/C10H11BrO3/c1-6-4-9(14-5-10(12)13)7(2)3-8(6)11/h3-4H,5H2,1-2H3,(H,12,13). The van der Waals surface area contributed by atoms with Gasteiger partial charge >= 0.3 is 5.97 Å². The molecule has 0 aromatic heterocycles. The van der Waals surface area contributed by atoms with Gasteiger partial charge in [-0.1, -0.05) is 15.9 Å². The average Bonchev–Trinajstić information content (AvgIpc) is 2.09. The molecule has 0 spiro atoms. The van der Waals surface area contributed by atoms with Crippen LogP contribution in [-0.2, 0) is 4.79 Å². The molecule has 0 radical (unpaired) electrons. The predicted octanol–water partition coefficient (Wildman–Crippen LogP) is 2.53. The van der Waals surface area contributed by atoms with Crippen molar-refractivity contribution in [3.8, 4) is 5.75 Å². The molecule has 1 rings (SSSR count). The number of benzene rings is 1. The van der Waals surface area contributed by atoms with E-state index in [1.165, 1.54) is 0 Å². The molecule has 0 amide bonds. The zero-order valence-electron chi connectivity index (χ0n) is 8.00. The molecule has 76 valence electrons. The number of hydrogen-bond donors (Lipinski definition) is 1. The molecule has 0 unspecified atom stereocenters. The first-order valence-corrected chi connectivity index (χ1v) is 4.91. The Labute approximate surface area is 90.8 Å². The number of halogens is 1. The van der Waals surface area contributed by atoms with Crippen molar-refractivity contribution < 1.29 is 14.6 Å². The van der Waals surface area contributed by atoms with E-state index < -0.39 is 5.97 Å². The maximum atomic E-state index is 10.3. The molecule has 0 saturated heterocycles. The first-order chi connectivity index (χ1) is 6.50. The minimum absolute atomic E-state index is 0.304. The van der Waals surface area contributed by atoms with Crippen LogP contribution in [0.4, 0.5) is 0 Å². The maximum Gasteiger partial charge on any atom is 0.341 e. The number of ether oxygens (including phenoxy) is 1. The van der Waals surface area contributed by atoms with Gasteiger partial charge in [-0.2, -0.15) is 0 Å². The van der Waals surface area contributed by atoms with Gasteiger partial charge < -0.3 is 9.84 Å². The van der Waals surface area contributed by atoms with Crippen molar-refractivity contribution in [3.63, 3.8) is 0 Å². The molecule has 14 heavy (non-hydrogen) atoms. The predicted molar refractivity (Wildman–Crippen MR) is 56.7 cm³/mol. The van der Waals surface area contributed by atoms with Gasteiger partial charge in [0.05, 0.1) is 0 Å². The molecule has 0 atom stereocenters. The summed E-state index contributed by atoms with van der Waals surface area (Å²) < 4.78 is 6.11. The highest BCUT2D eigenvalue weighted by Crippen LogP contribution is 2.26. The smallest absolute Gasteiger partial charge is 0.341 e. The molecule has 3 nitrogen and oxygen atoms in total. The summed E-state index contributed by atoms with van der Waals surface area (Å²) in [4.78, 5) is 10.3. The molecule has 1 aromatic carbocycles. The Bertz CT molecular complexity index is 361. The molecule has 0 fully saturated rings. The van der Waals surface area contributed by atoms with Crippen LogP contribution in [0.3, 0.4) is 0 Å². The molecule has 1 aromatic rings. The van der Waals surface area contributed by atoms with Gasteiger partial charge in [0.25, 0.3) is 0 Å². The second-order valence-corrected chi connectivity index (χ2v) is 3.90. The van der Waals surface area contributed by atoms with E-state index in [2.05, 4.69) is 15.9 Å². The average molecular weight is 259 g/mol. The summed E-state index contributed by atoms with van der Waals surface area (Å²) in [7, 11) is 0. The first-order valence-electron chi connectivity index (χ1n) is 4.12. The van der Waals surface area contributed by atoms with Gasteiger partial charge in [0.15, 0.2) is 6.61 Å². The Morgan fingerprint density at radius 3 is 2.64 bits per heavy atom. The summed E-state index contributed by atoms with van der Waals surface area (Å²) in [5, 5.41) is 8.46. The van der Waals surface area contributed by atoms with Gasteiger partial charge in [-0.3, -0.25) is 0 Å². The number of aryl methyl sites for hydroxylation is 2. The fourth-order valence-electron chi connectivity index (χ4n) is 1.05. The highest BCUT2D eigenvalue weighted by Gasteiger charge is 2.05. The Kier molecular flexibility index (Phi) is 3.52. The van der Waals surface area contributed by atoms with Crippen LogP contribution in [0.1, 0.15) is 11.1 Å². The van der Waals surface area contributed by atoms with Crippen LogP contribution in [0.2, 0.25) is 0 Å². The van der Waals surface area contributed by atoms with Gasteiger partial charge in [-0.05, 0) is 37.1 Å². The molecule has 0 aliphatic heterocycles. The Morgan fingerprint density at radius 2 is 2.07 bits per heavy atom. The molecule has 0 aliphatic carbocycles. The molecule has 0 aliphatic rings. The van der Waals surface area contributed by atoms with E-state index in [-0.39, 0.29) is 6.61 Å². The van der Waals surface area contributed by atoms with Crippen LogP contribution in [-0.4, -0.2) is 17.7 Å². The molecule has 0 heterocycles.